The Morgan fingerprint density at radius 2 is 2.29 bits per heavy atom. The van der Waals surface area contributed by atoms with Gasteiger partial charge in [0.25, 0.3) is 0 Å². The lowest BCUT2D eigenvalue weighted by atomic mass is 10.1. The number of thiophene rings is 1. The molecule has 2 nitrogen and oxygen atoms in total. The van der Waals surface area contributed by atoms with Crippen LogP contribution in [0, 0.1) is 0 Å². The van der Waals surface area contributed by atoms with Gasteiger partial charge in [0.15, 0.2) is 0 Å². The Morgan fingerprint density at radius 3 is 2.79 bits per heavy atom. The minimum absolute atomic E-state index is 0.413. The van der Waals surface area contributed by atoms with E-state index in [1.807, 2.05) is 13.8 Å². The summed E-state index contributed by atoms with van der Waals surface area (Å²) >= 11 is 1.73. The zero-order valence-electron chi connectivity index (χ0n) is 9.08. The van der Waals surface area contributed by atoms with Gasteiger partial charge in [-0.25, -0.2) is 0 Å². The van der Waals surface area contributed by atoms with Crippen LogP contribution in [0.4, 0.5) is 0 Å². The molecule has 1 rings (SSSR count). The van der Waals surface area contributed by atoms with Crippen molar-refractivity contribution in [2.24, 2.45) is 0 Å². The van der Waals surface area contributed by atoms with Gasteiger partial charge in [-0.2, -0.15) is 11.3 Å². The van der Waals surface area contributed by atoms with Gasteiger partial charge in [-0.15, -0.1) is 0 Å². The largest absolute Gasteiger partial charge is 0.389 e. The lowest BCUT2D eigenvalue weighted by Gasteiger charge is -2.21. The quantitative estimate of drug-likeness (QED) is 0.784. The molecule has 0 aliphatic heterocycles. The molecule has 80 valence electrons. The van der Waals surface area contributed by atoms with Gasteiger partial charge in [-0.1, -0.05) is 0 Å². The van der Waals surface area contributed by atoms with E-state index in [0.717, 1.165) is 6.42 Å². The average molecular weight is 213 g/mol. The van der Waals surface area contributed by atoms with Gasteiger partial charge in [0.05, 0.1) is 5.60 Å². The van der Waals surface area contributed by atoms with Crippen molar-refractivity contribution in [2.75, 3.05) is 6.54 Å². The third-order valence-electron chi connectivity index (χ3n) is 2.01. The molecule has 3 heteroatoms. The fourth-order valence-electron chi connectivity index (χ4n) is 1.26. The summed E-state index contributed by atoms with van der Waals surface area (Å²) in [6, 6.07) is 2.56. The van der Waals surface area contributed by atoms with Crippen molar-refractivity contribution >= 4 is 11.3 Å². The first kappa shape index (κ1) is 11.7. The molecule has 0 radical (unpaired) electrons. The second-order valence-corrected chi connectivity index (χ2v) is 5.21. The predicted octanol–water partition coefficient (Wildman–Crippen LogP) is 2.04. The maximum absolute atomic E-state index is 9.53. The maximum atomic E-state index is 9.53. The zero-order chi connectivity index (χ0) is 10.6. The third kappa shape index (κ3) is 4.74. The first-order valence-corrected chi connectivity index (χ1v) is 5.88. The van der Waals surface area contributed by atoms with Crippen LogP contribution in [0.3, 0.4) is 0 Å². The molecule has 0 amide bonds. The standard InChI is InChI=1S/C11H19NOS/c1-9(12-8-11(2,3)13)6-10-4-5-14-7-10/h4-5,7,9,12-13H,6,8H2,1-3H3. The predicted molar refractivity (Wildman–Crippen MR) is 61.8 cm³/mol. The van der Waals surface area contributed by atoms with E-state index < -0.39 is 5.60 Å². The molecule has 0 fully saturated rings. The van der Waals surface area contributed by atoms with Gasteiger partial charge in [0.2, 0.25) is 0 Å². The van der Waals surface area contributed by atoms with Gasteiger partial charge < -0.3 is 10.4 Å². The van der Waals surface area contributed by atoms with Crippen LogP contribution in [0.5, 0.6) is 0 Å². The fraction of sp³-hybridized carbons (Fsp3) is 0.636. The maximum Gasteiger partial charge on any atom is 0.0715 e. The molecule has 0 aliphatic rings. The number of nitrogens with one attached hydrogen (secondary N) is 1. The number of hydrogen-bond donors (Lipinski definition) is 2. The van der Waals surface area contributed by atoms with Crippen molar-refractivity contribution in [2.45, 2.75) is 38.8 Å². The van der Waals surface area contributed by atoms with Crippen molar-refractivity contribution in [3.8, 4) is 0 Å². The highest BCUT2D eigenvalue weighted by atomic mass is 32.1. The molecule has 1 atom stereocenters. The van der Waals surface area contributed by atoms with E-state index in [0.29, 0.717) is 12.6 Å². The van der Waals surface area contributed by atoms with E-state index in [4.69, 9.17) is 0 Å². The van der Waals surface area contributed by atoms with Crippen LogP contribution in [-0.2, 0) is 6.42 Å². The molecular formula is C11H19NOS. The molecule has 0 saturated heterocycles. The molecule has 2 N–H and O–H groups in total. The summed E-state index contributed by atoms with van der Waals surface area (Å²) in [5.41, 5.74) is 0.744. The van der Waals surface area contributed by atoms with Crippen molar-refractivity contribution in [3.05, 3.63) is 22.4 Å². The van der Waals surface area contributed by atoms with Crippen LogP contribution in [0.2, 0.25) is 0 Å². The molecule has 1 aromatic heterocycles. The van der Waals surface area contributed by atoms with Crippen LogP contribution in [0.1, 0.15) is 26.3 Å². The van der Waals surface area contributed by atoms with E-state index in [9.17, 15) is 5.11 Å². The van der Waals surface area contributed by atoms with Gasteiger partial charge >= 0.3 is 0 Å². The SMILES string of the molecule is CC(Cc1ccsc1)NCC(C)(C)O. The van der Waals surface area contributed by atoms with Crippen molar-refractivity contribution < 1.29 is 5.11 Å². The summed E-state index contributed by atoms with van der Waals surface area (Å²) in [6.07, 6.45) is 1.03. The van der Waals surface area contributed by atoms with Gasteiger partial charge in [-0.05, 0) is 49.6 Å². The summed E-state index contributed by atoms with van der Waals surface area (Å²) in [5, 5.41) is 17.1. The Hall–Kier alpha value is -0.380. The van der Waals surface area contributed by atoms with E-state index >= 15 is 0 Å². The minimum Gasteiger partial charge on any atom is -0.389 e. The van der Waals surface area contributed by atoms with Gasteiger partial charge in [0.1, 0.15) is 0 Å². The van der Waals surface area contributed by atoms with Crippen LogP contribution in [0.15, 0.2) is 16.8 Å². The highest BCUT2D eigenvalue weighted by Gasteiger charge is 2.13. The average Bonchev–Trinajstić information content (AvgIpc) is 2.52. The first-order valence-electron chi connectivity index (χ1n) is 4.94. The Balaban J connectivity index is 2.26. The van der Waals surface area contributed by atoms with Crippen LogP contribution < -0.4 is 5.32 Å². The van der Waals surface area contributed by atoms with Crippen molar-refractivity contribution in [3.63, 3.8) is 0 Å². The van der Waals surface area contributed by atoms with Gasteiger partial charge in [-0.3, -0.25) is 0 Å². The zero-order valence-corrected chi connectivity index (χ0v) is 9.90. The molecule has 1 aromatic rings. The third-order valence-corrected chi connectivity index (χ3v) is 2.74. The summed E-state index contributed by atoms with van der Waals surface area (Å²) in [4.78, 5) is 0. The van der Waals surface area contributed by atoms with E-state index in [-0.39, 0.29) is 0 Å². The minimum atomic E-state index is -0.622. The lowest BCUT2D eigenvalue weighted by Crippen LogP contribution is -2.40. The highest BCUT2D eigenvalue weighted by Crippen LogP contribution is 2.09. The number of aliphatic hydroxyl groups is 1. The number of hydrogen-bond acceptors (Lipinski definition) is 3. The van der Waals surface area contributed by atoms with Gasteiger partial charge in [0, 0.05) is 12.6 Å². The summed E-state index contributed by atoms with van der Waals surface area (Å²) < 4.78 is 0. The Labute approximate surface area is 90.0 Å². The normalized spacial score (nSPS) is 14.3. The summed E-state index contributed by atoms with van der Waals surface area (Å²) in [6.45, 7) is 6.41. The Morgan fingerprint density at radius 1 is 1.57 bits per heavy atom. The van der Waals surface area contributed by atoms with E-state index in [2.05, 4.69) is 29.1 Å². The molecule has 0 aromatic carbocycles. The molecule has 0 spiro atoms. The molecule has 0 saturated carbocycles. The smallest absolute Gasteiger partial charge is 0.0715 e. The summed E-state index contributed by atoms with van der Waals surface area (Å²) in [7, 11) is 0. The second-order valence-electron chi connectivity index (χ2n) is 4.43. The van der Waals surface area contributed by atoms with Crippen LogP contribution >= 0.6 is 11.3 Å². The topological polar surface area (TPSA) is 32.3 Å². The Kier molecular flexibility index (Phi) is 4.11. The molecule has 14 heavy (non-hydrogen) atoms. The molecular weight excluding hydrogens is 194 g/mol. The number of rotatable bonds is 5. The van der Waals surface area contributed by atoms with Crippen molar-refractivity contribution in [1.29, 1.82) is 0 Å². The molecule has 0 bridgehead atoms. The van der Waals surface area contributed by atoms with E-state index in [1.54, 1.807) is 11.3 Å². The molecule has 1 unspecified atom stereocenters. The monoisotopic (exact) mass is 213 g/mol. The highest BCUT2D eigenvalue weighted by molar-refractivity contribution is 7.07. The first-order chi connectivity index (χ1) is 6.47. The van der Waals surface area contributed by atoms with Crippen LogP contribution in [0.25, 0.3) is 0 Å². The Bertz CT molecular complexity index is 251. The molecule has 1 heterocycles. The second kappa shape index (κ2) is 4.91. The van der Waals surface area contributed by atoms with E-state index in [1.165, 1.54) is 5.56 Å². The fourth-order valence-corrected chi connectivity index (χ4v) is 1.94. The summed E-state index contributed by atoms with van der Waals surface area (Å²) in [5.74, 6) is 0. The lowest BCUT2D eigenvalue weighted by molar-refractivity contribution is 0.0770. The molecule has 0 aliphatic carbocycles. The van der Waals surface area contributed by atoms with Crippen molar-refractivity contribution in [1.82, 2.24) is 5.32 Å². The van der Waals surface area contributed by atoms with Crippen LogP contribution in [-0.4, -0.2) is 23.3 Å².